The third-order valence-electron chi connectivity index (χ3n) is 5.25. The van der Waals surface area contributed by atoms with E-state index < -0.39 is 0 Å². The van der Waals surface area contributed by atoms with Crippen LogP contribution in [0.5, 0.6) is 0 Å². The Labute approximate surface area is 139 Å². The highest BCUT2D eigenvalue weighted by Crippen LogP contribution is 2.31. The van der Waals surface area contributed by atoms with Gasteiger partial charge in [-0.05, 0) is 30.4 Å². The second-order valence-corrected chi connectivity index (χ2v) is 7.03. The number of nitrogen functional groups attached to an aromatic ring is 1. The number of aliphatic hydroxyl groups excluding tert-OH is 1. The van der Waals surface area contributed by atoms with Gasteiger partial charge in [-0.15, -0.1) is 0 Å². The lowest BCUT2D eigenvalue weighted by Gasteiger charge is -2.17. The molecule has 126 valence electrons. The summed E-state index contributed by atoms with van der Waals surface area (Å²) >= 11 is 0. The molecule has 0 radical (unpaired) electrons. The first kappa shape index (κ1) is 16.5. The molecule has 1 unspecified atom stereocenters. The van der Waals surface area contributed by atoms with Gasteiger partial charge in [-0.25, -0.2) is 0 Å². The molecule has 0 bridgehead atoms. The molecule has 3 N–H and O–H groups in total. The average molecular weight is 315 g/mol. The summed E-state index contributed by atoms with van der Waals surface area (Å²) in [7, 11) is 0. The maximum atomic E-state index is 10.3. The molecule has 1 aliphatic carbocycles. The summed E-state index contributed by atoms with van der Waals surface area (Å²) < 4.78 is 0. The molecule has 0 saturated carbocycles. The Morgan fingerprint density at radius 3 is 3.00 bits per heavy atom. The molecule has 2 aliphatic rings. The van der Waals surface area contributed by atoms with E-state index in [4.69, 9.17) is 5.73 Å². The predicted octanol–water partition coefficient (Wildman–Crippen LogP) is 2.87. The summed E-state index contributed by atoms with van der Waals surface area (Å²) in [4.78, 5) is 6.89. The highest BCUT2D eigenvalue weighted by molar-refractivity contribution is 5.75. The average Bonchev–Trinajstić information content (AvgIpc) is 3.09. The number of likely N-dealkylation sites (tertiary alicyclic amines) is 1. The number of aromatic nitrogens is 1. The number of anilines is 1. The third kappa shape index (κ3) is 3.75. The molecule has 3 rings (SSSR count). The second kappa shape index (κ2) is 7.45. The molecule has 1 saturated heterocycles. The van der Waals surface area contributed by atoms with Crippen LogP contribution >= 0.6 is 0 Å². The van der Waals surface area contributed by atoms with Crippen LogP contribution in [0, 0.1) is 5.92 Å². The number of fused-ring (bicyclic) bond motifs is 1. The summed E-state index contributed by atoms with van der Waals surface area (Å²) in [5.74, 6) is 0.433. The van der Waals surface area contributed by atoms with E-state index in [2.05, 4.69) is 22.9 Å². The van der Waals surface area contributed by atoms with Crippen molar-refractivity contribution in [3.05, 3.63) is 29.6 Å². The van der Waals surface area contributed by atoms with Crippen LogP contribution in [0.3, 0.4) is 0 Å². The number of hydrogen-bond donors (Lipinski definition) is 2. The lowest BCUT2D eigenvalue weighted by molar-refractivity contribution is 0.137. The first-order valence-corrected chi connectivity index (χ1v) is 9.02. The van der Waals surface area contributed by atoms with Gasteiger partial charge in [-0.1, -0.05) is 38.7 Å². The molecule has 4 nitrogen and oxygen atoms in total. The summed E-state index contributed by atoms with van der Waals surface area (Å²) in [5.41, 5.74) is 10.4. The van der Waals surface area contributed by atoms with Gasteiger partial charge in [-0.2, -0.15) is 0 Å². The lowest BCUT2D eigenvalue weighted by atomic mass is 9.98. The number of rotatable bonds is 7. The van der Waals surface area contributed by atoms with Crippen molar-refractivity contribution in [3.63, 3.8) is 0 Å². The van der Waals surface area contributed by atoms with E-state index in [1.165, 1.54) is 36.8 Å². The quantitative estimate of drug-likeness (QED) is 0.760. The van der Waals surface area contributed by atoms with E-state index in [1.807, 2.05) is 6.07 Å². The third-order valence-corrected chi connectivity index (χ3v) is 5.25. The number of aliphatic hydroxyl groups is 1. The van der Waals surface area contributed by atoms with E-state index in [0.717, 1.165) is 43.9 Å². The zero-order chi connectivity index (χ0) is 16.2. The first-order chi connectivity index (χ1) is 11.2. The van der Waals surface area contributed by atoms with Crippen LogP contribution in [0.2, 0.25) is 0 Å². The van der Waals surface area contributed by atoms with Gasteiger partial charge < -0.3 is 10.8 Å². The topological polar surface area (TPSA) is 62.4 Å². The molecule has 1 fully saturated rings. The van der Waals surface area contributed by atoms with Crippen molar-refractivity contribution in [3.8, 4) is 0 Å². The highest BCUT2D eigenvalue weighted by atomic mass is 16.3. The number of β-amino-alcohol motifs (C(OH)–C–C–N with tert-alkyl or cyclic N) is 1. The number of nitrogens with zero attached hydrogens (tertiary/aromatic N) is 2. The zero-order valence-corrected chi connectivity index (χ0v) is 14.2. The SMILES string of the molecule is CCCCCC[C@H]1CN(CC2=CCc3c(N)ccnc32)CC1O. The Kier molecular flexibility index (Phi) is 5.34. The van der Waals surface area contributed by atoms with Crippen molar-refractivity contribution in [2.75, 3.05) is 25.4 Å². The molecule has 0 aromatic carbocycles. The van der Waals surface area contributed by atoms with Gasteiger partial charge >= 0.3 is 0 Å². The number of pyridine rings is 1. The van der Waals surface area contributed by atoms with Crippen LogP contribution < -0.4 is 5.73 Å². The van der Waals surface area contributed by atoms with Gasteiger partial charge in [0.1, 0.15) is 0 Å². The van der Waals surface area contributed by atoms with Gasteiger partial charge in [0.2, 0.25) is 0 Å². The van der Waals surface area contributed by atoms with Crippen molar-refractivity contribution in [1.29, 1.82) is 0 Å². The first-order valence-electron chi connectivity index (χ1n) is 9.02. The predicted molar refractivity (Wildman–Crippen MR) is 95.0 cm³/mol. The summed E-state index contributed by atoms with van der Waals surface area (Å²) in [6.45, 7) is 4.90. The largest absolute Gasteiger partial charge is 0.398 e. The molecule has 1 aliphatic heterocycles. The summed E-state index contributed by atoms with van der Waals surface area (Å²) in [5, 5.41) is 10.3. The number of hydrogen-bond acceptors (Lipinski definition) is 4. The smallest absolute Gasteiger partial charge is 0.0727 e. The van der Waals surface area contributed by atoms with E-state index in [-0.39, 0.29) is 6.10 Å². The minimum absolute atomic E-state index is 0.174. The van der Waals surface area contributed by atoms with Crippen LogP contribution in [0.25, 0.3) is 5.57 Å². The standard InChI is InChI=1S/C19H29N3O/c1-2-3-4-5-6-14-11-22(13-18(14)23)12-15-7-8-16-17(20)9-10-21-19(15)16/h7,9-10,14,18,23H,2-6,8,11-13H2,1H3,(H2,20,21)/t14-,18?/m0/s1. The lowest BCUT2D eigenvalue weighted by Crippen LogP contribution is -2.24. The fraction of sp³-hybridized carbons (Fsp3) is 0.632. The molecule has 23 heavy (non-hydrogen) atoms. The van der Waals surface area contributed by atoms with E-state index in [9.17, 15) is 5.11 Å². The minimum Gasteiger partial charge on any atom is -0.398 e. The number of allylic oxidation sites excluding steroid dienone is 1. The monoisotopic (exact) mass is 315 g/mol. The van der Waals surface area contributed by atoms with Crippen molar-refractivity contribution < 1.29 is 5.11 Å². The molecule has 0 spiro atoms. The summed E-state index contributed by atoms with van der Waals surface area (Å²) in [6.07, 6.45) is 11.0. The molecule has 4 heteroatoms. The fourth-order valence-corrected chi connectivity index (χ4v) is 3.89. The molecule has 1 aromatic rings. The molecule has 2 atom stereocenters. The highest BCUT2D eigenvalue weighted by Gasteiger charge is 2.32. The Balaban J connectivity index is 1.54. The van der Waals surface area contributed by atoms with Crippen LogP contribution in [-0.2, 0) is 6.42 Å². The van der Waals surface area contributed by atoms with E-state index in [0.29, 0.717) is 5.92 Å². The molecule has 1 aromatic heterocycles. The van der Waals surface area contributed by atoms with Gasteiger partial charge in [0, 0.05) is 37.1 Å². The Morgan fingerprint density at radius 2 is 2.17 bits per heavy atom. The van der Waals surface area contributed by atoms with Crippen LogP contribution in [0.15, 0.2) is 18.3 Å². The van der Waals surface area contributed by atoms with Crippen molar-refractivity contribution >= 4 is 11.3 Å². The van der Waals surface area contributed by atoms with Crippen molar-refractivity contribution in [2.24, 2.45) is 5.92 Å². The second-order valence-electron chi connectivity index (χ2n) is 7.03. The van der Waals surface area contributed by atoms with Gasteiger partial charge in [0.25, 0.3) is 0 Å². The summed E-state index contributed by atoms with van der Waals surface area (Å²) in [6, 6.07) is 1.88. The Hall–Kier alpha value is -1.39. The van der Waals surface area contributed by atoms with Crippen LogP contribution in [0.1, 0.15) is 50.3 Å². The molecule has 0 amide bonds. The normalized spacial score (nSPS) is 24.0. The Morgan fingerprint density at radius 1 is 1.30 bits per heavy atom. The molecule has 2 heterocycles. The number of unbranched alkanes of at least 4 members (excludes halogenated alkanes) is 3. The maximum Gasteiger partial charge on any atom is 0.0727 e. The maximum absolute atomic E-state index is 10.3. The van der Waals surface area contributed by atoms with E-state index >= 15 is 0 Å². The van der Waals surface area contributed by atoms with Crippen molar-refractivity contribution in [2.45, 2.75) is 51.6 Å². The van der Waals surface area contributed by atoms with Crippen LogP contribution in [0.4, 0.5) is 5.69 Å². The Bertz CT molecular complexity index is 570. The molecular weight excluding hydrogens is 286 g/mol. The molecular formula is C19H29N3O. The van der Waals surface area contributed by atoms with Crippen LogP contribution in [-0.4, -0.2) is 40.7 Å². The van der Waals surface area contributed by atoms with Gasteiger partial charge in [-0.3, -0.25) is 9.88 Å². The number of nitrogens with two attached hydrogens (primary N) is 1. The fourth-order valence-electron chi connectivity index (χ4n) is 3.89. The van der Waals surface area contributed by atoms with Gasteiger partial charge in [0.05, 0.1) is 11.8 Å². The minimum atomic E-state index is -0.174. The van der Waals surface area contributed by atoms with Crippen molar-refractivity contribution in [1.82, 2.24) is 9.88 Å². The zero-order valence-electron chi connectivity index (χ0n) is 14.2. The van der Waals surface area contributed by atoms with Gasteiger partial charge in [0.15, 0.2) is 0 Å². The van der Waals surface area contributed by atoms with E-state index in [1.54, 1.807) is 6.20 Å².